The zero-order chi connectivity index (χ0) is 11.4. The molecule has 0 N–H and O–H groups in total. The summed E-state index contributed by atoms with van der Waals surface area (Å²) in [5.41, 5.74) is 1.28. The molecule has 1 aliphatic rings. The fourth-order valence-electron chi connectivity index (χ4n) is 2.04. The van der Waals surface area contributed by atoms with Crippen LogP contribution in [0, 0.1) is 0 Å². The number of piperidine rings is 1. The Balaban J connectivity index is 1.82. The highest BCUT2D eigenvalue weighted by Crippen LogP contribution is 2.11. The van der Waals surface area contributed by atoms with E-state index in [-0.39, 0.29) is 0 Å². The lowest BCUT2D eigenvalue weighted by Gasteiger charge is -2.25. The first-order valence-corrected chi connectivity index (χ1v) is 6.10. The monoisotopic (exact) mass is 237 g/mol. The first kappa shape index (κ1) is 11.6. The van der Waals surface area contributed by atoms with Crippen molar-refractivity contribution in [2.24, 2.45) is 0 Å². The number of halogens is 1. The second-order valence-corrected chi connectivity index (χ2v) is 4.73. The molecular formula is C13H16ClNO. The van der Waals surface area contributed by atoms with E-state index < -0.39 is 0 Å². The molecule has 0 amide bonds. The molecule has 1 heterocycles. The van der Waals surface area contributed by atoms with Gasteiger partial charge in [-0.3, -0.25) is 9.69 Å². The SMILES string of the molecule is O=C1CCCN(CCc2ccc(Cl)cc2)C1. The molecule has 0 spiro atoms. The number of Topliss-reactive ketones (excluding diaryl/α,β-unsaturated/α-hetero) is 1. The third-order valence-electron chi connectivity index (χ3n) is 2.96. The van der Waals surface area contributed by atoms with Crippen LogP contribution in [0.15, 0.2) is 24.3 Å². The van der Waals surface area contributed by atoms with Gasteiger partial charge in [-0.05, 0) is 37.1 Å². The summed E-state index contributed by atoms with van der Waals surface area (Å²) in [5.74, 6) is 0.377. The average molecular weight is 238 g/mol. The molecule has 3 heteroatoms. The van der Waals surface area contributed by atoms with Crippen LogP contribution in [0.1, 0.15) is 18.4 Å². The van der Waals surface area contributed by atoms with Crippen molar-refractivity contribution >= 4 is 17.4 Å². The first-order valence-electron chi connectivity index (χ1n) is 5.72. The minimum Gasteiger partial charge on any atom is -0.298 e. The maximum absolute atomic E-state index is 11.3. The Hall–Kier alpha value is -0.860. The van der Waals surface area contributed by atoms with Gasteiger partial charge in [0.25, 0.3) is 0 Å². The molecule has 0 saturated carbocycles. The van der Waals surface area contributed by atoms with E-state index in [1.165, 1.54) is 5.56 Å². The van der Waals surface area contributed by atoms with Crippen LogP contribution in [0.3, 0.4) is 0 Å². The van der Waals surface area contributed by atoms with Crippen molar-refractivity contribution in [1.29, 1.82) is 0 Å². The molecule has 1 saturated heterocycles. The van der Waals surface area contributed by atoms with E-state index in [1.807, 2.05) is 24.3 Å². The fourth-order valence-corrected chi connectivity index (χ4v) is 2.16. The van der Waals surface area contributed by atoms with Crippen molar-refractivity contribution in [1.82, 2.24) is 4.90 Å². The molecule has 0 radical (unpaired) electrons. The first-order chi connectivity index (χ1) is 7.74. The van der Waals surface area contributed by atoms with Crippen molar-refractivity contribution in [3.63, 3.8) is 0 Å². The Morgan fingerprint density at radius 2 is 2.00 bits per heavy atom. The molecule has 16 heavy (non-hydrogen) atoms. The lowest BCUT2D eigenvalue weighted by molar-refractivity contribution is -0.122. The minimum atomic E-state index is 0.377. The smallest absolute Gasteiger partial charge is 0.146 e. The number of rotatable bonds is 3. The number of hydrogen-bond donors (Lipinski definition) is 0. The van der Waals surface area contributed by atoms with Crippen molar-refractivity contribution in [2.75, 3.05) is 19.6 Å². The predicted octanol–water partition coefficient (Wildman–Crippen LogP) is 2.55. The molecule has 1 aromatic carbocycles. The minimum absolute atomic E-state index is 0.377. The lowest BCUT2D eigenvalue weighted by atomic mass is 10.1. The van der Waals surface area contributed by atoms with E-state index in [4.69, 9.17) is 11.6 Å². The summed E-state index contributed by atoms with van der Waals surface area (Å²) >= 11 is 5.82. The standard InChI is InChI=1S/C13H16ClNO/c14-12-5-3-11(4-6-12)7-9-15-8-1-2-13(16)10-15/h3-6H,1-2,7-10H2. The van der Waals surface area contributed by atoms with Gasteiger partial charge in [-0.15, -0.1) is 0 Å². The number of benzene rings is 1. The Morgan fingerprint density at radius 1 is 1.25 bits per heavy atom. The van der Waals surface area contributed by atoms with Crippen LogP contribution in [-0.4, -0.2) is 30.3 Å². The number of ketones is 1. The highest BCUT2D eigenvalue weighted by atomic mass is 35.5. The predicted molar refractivity (Wildman–Crippen MR) is 65.8 cm³/mol. The Kier molecular flexibility index (Phi) is 3.97. The van der Waals surface area contributed by atoms with Crippen LogP contribution >= 0.6 is 11.6 Å². The van der Waals surface area contributed by atoms with Gasteiger partial charge in [-0.25, -0.2) is 0 Å². The molecule has 0 atom stereocenters. The molecule has 2 rings (SSSR count). The molecular weight excluding hydrogens is 222 g/mol. The Bertz CT molecular complexity index is 361. The van der Waals surface area contributed by atoms with Crippen LogP contribution in [0.2, 0.25) is 5.02 Å². The average Bonchev–Trinajstić information content (AvgIpc) is 2.28. The van der Waals surface area contributed by atoms with E-state index >= 15 is 0 Å². The number of likely N-dealkylation sites (tertiary alicyclic amines) is 1. The molecule has 1 aliphatic heterocycles. The van der Waals surface area contributed by atoms with Gasteiger partial charge in [0.15, 0.2) is 0 Å². The maximum Gasteiger partial charge on any atom is 0.146 e. The summed E-state index contributed by atoms with van der Waals surface area (Å²) in [6.45, 7) is 2.65. The number of carbonyl (C=O) groups is 1. The van der Waals surface area contributed by atoms with Crippen LogP contribution in [0.4, 0.5) is 0 Å². The van der Waals surface area contributed by atoms with Crippen molar-refractivity contribution < 1.29 is 4.79 Å². The highest BCUT2D eigenvalue weighted by molar-refractivity contribution is 6.30. The van der Waals surface area contributed by atoms with E-state index in [0.717, 1.165) is 37.4 Å². The Labute approximate surface area is 101 Å². The molecule has 1 fully saturated rings. The second kappa shape index (κ2) is 5.46. The van der Waals surface area contributed by atoms with Crippen molar-refractivity contribution in [3.8, 4) is 0 Å². The molecule has 2 nitrogen and oxygen atoms in total. The van der Waals surface area contributed by atoms with Crippen LogP contribution in [-0.2, 0) is 11.2 Å². The van der Waals surface area contributed by atoms with E-state index in [1.54, 1.807) is 0 Å². The van der Waals surface area contributed by atoms with Gasteiger partial charge in [0, 0.05) is 18.0 Å². The largest absolute Gasteiger partial charge is 0.298 e. The number of hydrogen-bond acceptors (Lipinski definition) is 2. The topological polar surface area (TPSA) is 20.3 Å². The normalized spacial score (nSPS) is 17.7. The molecule has 0 aliphatic carbocycles. The fraction of sp³-hybridized carbons (Fsp3) is 0.462. The summed E-state index contributed by atoms with van der Waals surface area (Å²) in [7, 11) is 0. The van der Waals surface area contributed by atoms with E-state index in [9.17, 15) is 4.79 Å². The van der Waals surface area contributed by atoms with Crippen molar-refractivity contribution in [2.45, 2.75) is 19.3 Å². The molecule has 1 aromatic rings. The van der Waals surface area contributed by atoms with Crippen molar-refractivity contribution in [3.05, 3.63) is 34.9 Å². The third kappa shape index (κ3) is 3.32. The second-order valence-electron chi connectivity index (χ2n) is 4.29. The van der Waals surface area contributed by atoms with Gasteiger partial charge in [0.2, 0.25) is 0 Å². The van der Waals surface area contributed by atoms with Crippen LogP contribution < -0.4 is 0 Å². The lowest BCUT2D eigenvalue weighted by Crippen LogP contribution is -2.36. The van der Waals surface area contributed by atoms with Gasteiger partial charge in [-0.2, -0.15) is 0 Å². The van der Waals surface area contributed by atoms with Gasteiger partial charge >= 0.3 is 0 Å². The van der Waals surface area contributed by atoms with Gasteiger partial charge in [0.1, 0.15) is 5.78 Å². The Morgan fingerprint density at radius 3 is 2.69 bits per heavy atom. The number of carbonyl (C=O) groups excluding carboxylic acids is 1. The summed E-state index contributed by atoms with van der Waals surface area (Å²) in [5, 5.41) is 0.775. The summed E-state index contributed by atoms with van der Waals surface area (Å²) in [4.78, 5) is 13.5. The molecule has 0 unspecified atom stereocenters. The summed E-state index contributed by atoms with van der Waals surface area (Å²) in [6.07, 6.45) is 2.77. The molecule has 86 valence electrons. The van der Waals surface area contributed by atoms with Crippen LogP contribution in [0.25, 0.3) is 0 Å². The number of nitrogens with zero attached hydrogens (tertiary/aromatic N) is 1. The van der Waals surface area contributed by atoms with Crippen LogP contribution in [0.5, 0.6) is 0 Å². The summed E-state index contributed by atoms with van der Waals surface area (Å²) in [6, 6.07) is 7.93. The van der Waals surface area contributed by atoms with Gasteiger partial charge < -0.3 is 0 Å². The zero-order valence-corrected chi connectivity index (χ0v) is 10.0. The maximum atomic E-state index is 11.3. The molecule has 0 bridgehead atoms. The molecule has 0 aromatic heterocycles. The third-order valence-corrected chi connectivity index (χ3v) is 3.21. The summed E-state index contributed by atoms with van der Waals surface area (Å²) < 4.78 is 0. The van der Waals surface area contributed by atoms with E-state index in [0.29, 0.717) is 12.3 Å². The zero-order valence-electron chi connectivity index (χ0n) is 9.29. The van der Waals surface area contributed by atoms with Gasteiger partial charge in [-0.1, -0.05) is 23.7 Å². The quantitative estimate of drug-likeness (QED) is 0.805. The van der Waals surface area contributed by atoms with E-state index in [2.05, 4.69) is 4.90 Å². The van der Waals surface area contributed by atoms with Gasteiger partial charge in [0.05, 0.1) is 6.54 Å². The highest BCUT2D eigenvalue weighted by Gasteiger charge is 2.15.